The topological polar surface area (TPSA) is 24.4 Å². The second-order valence-corrected chi connectivity index (χ2v) is 5.21. The Morgan fingerprint density at radius 2 is 2.44 bits per heavy atom. The molecule has 1 aliphatic heterocycles. The van der Waals surface area contributed by atoms with Crippen LogP contribution in [-0.2, 0) is 0 Å². The lowest BCUT2D eigenvalue weighted by molar-refractivity contribution is 0.632. The molecule has 1 atom stereocenters. The average Bonchev–Trinajstić information content (AvgIpc) is 2.71. The molecule has 2 rings (SSSR count). The van der Waals surface area contributed by atoms with Gasteiger partial charge in [0.25, 0.3) is 0 Å². The Kier molecular flexibility index (Phi) is 3.71. The highest BCUT2D eigenvalue weighted by molar-refractivity contribution is 8.15. The fourth-order valence-corrected chi connectivity index (χ4v) is 2.57. The average molecular weight is 259 g/mol. The predicted octanol–water partition coefficient (Wildman–Crippen LogP) is 3.77. The molecule has 0 aromatic heterocycles. The van der Waals surface area contributed by atoms with Gasteiger partial charge < -0.3 is 5.32 Å². The van der Waals surface area contributed by atoms with Gasteiger partial charge in [0.05, 0.1) is 17.3 Å². The smallest absolute Gasteiger partial charge is 0.161 e. The van der Waals surface area contributed by atoms with Crippen molar-refractivity contribution in [2.75, 3.05) is 11.9 Å². The molecular formula is C11H12ClFN2S. The number of para-hydroxylation sites is 1. The van der Waals surface area contributed by atoms with E-state index in [-0.39, 0.29) is 5.82 Å². The monoisotopic (exact) mass is 258 g/mol. The molecule has 16 heavy (non-hydrogen) atoms. The van der Waals surface area contributed by atoms with Crippen LogP contribution in [0.25, 0.3) is 0 Å². The lowest BCUT2D eigenvalue weighted by Gasteiger charge is -2.09. The van der Waals surface area contributed by atoms with E-state index in [2.05, 4.69) is 17.2 Å². The number of nitrogens with one attached hydrogen (secondary N) is 1. The SMILES string of the molecule is CCC1CN=C(Nc2c(F)cccc2Cl)S1. The quantitative estimate of drug-likeness (QED) is 0.873. The highest BCUT2D eigenvalue weighted by Crippen LogP contribution is 2.29. The predicted molar refractivity (Wildman–Crippen MR) is 69.0 cm³/mol. The molecule has 0 spiro atoms. The molecule has 0 saturated carbocycles. The highest BCUT2D eigenvalue weighted by Gasteiger charge is 2.19. The van der Waals surface area contributed by atoms with Crippen LogP contribution in [0.3, 0.4) is 0 Å². The molecule has 1 heterocycles. The number of halogens is 2. The van der Waals surface area contributed by atoms with Crippen molar-refractivity contribution >= 4 is 34.2 Å². The molecule has 1 unspecified atom stereocenters. The van der Waals surface area contributed by atoms with Crippen LogP contribution in [0.1, 0.15) is 13.3 Å². The van der Waals surface area contributed by atoms with Gasteiger partial charge in [0.1, 0.15) is 5.82 Å². The maximum atomic E-state index is 13.5. The first-order valence-electron chi connectivity index (χ1n) is 5.13. The lowest BCUT2D eigenvalue weighted by Crippen LogP contribution is -2.08. The number of anilines is 1. The summed E-state index contributed by atoms with van der Waals surface area (Å²) in [4.78, 5) is 4.31. The molecule has 1 N–H and O–H groups in total. The molecule has 0 bridgehead atoms. The Morgan fingerprint density at radius 1 is 1.62 bits per heavy atom. The highest BCUT2D eigenvalue weighted by atomic mass is 35.5. The summed E-state index contributed by atoms with van der Waals surface area (Å²) in [5.74, 6) is -0.351. The minimum atomic E-state index is -0.351. The van der Waals surface area contributed by atoms with E-state index in [9.17, 15) is 4.39 Å². The number of aliphatic imine (C=N–C) groups is 1. The van der Waals surface area contributed by atoms with E-state index in [1.54, 1.807) is 23.9 Å². The fraction of sp³-hybridized carbons (Fsp3) is 0.364. The van der Waals surface area contributed by atoms with Crippen LogP contribution >= 0.6 is 23.4 Å². The Balaban J connectivity index is 2.11. The number of hydrogen-bond acceptors (Lipinski definition) is 3. The molecule has 1 aliphatic rings. The van der Waals surface area contributed by atoms with Gasteiger partial charge in [-0.15, -0.1) is 0 Å². The van der Waals surface area contributed by atoms with E-state index >= 15 is 0 Å². The maximum absolute atomic E-state index is 13.5. The van der Waals surface area contributed by atoms with Crippen molar-refractivity contribution in [1.82, 2.24) is 0 Å². The van der Waals surface area contributed by atoms with Gasteiger partial charge in [0.15, 0.2) is 5.17 Å². The number of thioether (sulfide) groups is 1. The standard InChI is InChI=1S/C11H12ClFN2S/c1-2-7-6-14-11(16-7)15-10-8(12)4-3-5-9(10)13/h3-5,7H,2,6H2,1H3,(H,14,15). The molecule has 0 radical (unpaired) electrons. The van der Waals surface area contributed by atoms with Gasteiger partial charge in [-0.25, -0.2) is 4.39 Å². The second kappa shape index (κ2) is 5.06. The first kappa shape index (κ1) is 11.7. The van der Waals surface area contributed by atoms with Crippen molar-refractivity contribution in [2.45, 2.75) is 18.6 Å². The third kappa shape index (κ3) is 2.50. The van der Waals surface area contributed by atoms with E-state index in [1.807, 2.05) is 0 Å². The van der Waals surface area contributed by atoms with Crippen LogP contribution in [0.2, 0.25) is 5.02 Å². The Bertz CT molecular complexity index is 402. The Hall–Kier alpha value is -0.740. The molecule has 0 aliphatic carbocycles. The van der Waals surface area contributed by atoms with Crippen LogP contribution in [-0.4, -0.2) is 17.0 Å². The van der Waals surface area contributed by atoms with Crippen LogP contribution in [0, 0.1) is 5.82 Å². The number of nitrogens with zero attached hydrogens (tertiary/aromatic N) is 1. The number of benzene rings is 1. The largest absolute Gasteiger partial charge is 0.331 e. The van der Waals surface area contributed by atoms with Gasteiger partial charge in [-0.3, -0.25) is 4.99 Å². The molecule has 0 amide bonds. The van der Waals surface area contributed by atoms with Crippen LogP contribution in [0.15, 0.2) is 23.2 Å². The van der Waals surface area contributed by atoms with E-state index in [0.29, 0.717) is 16.0 Å². The zero-order chi connectivity index (χ0) is 11.5. The lowest BCUT2D eigenvalue weighted by atomic mass is 10.3. The minimum absolute atomic E-state index is 0.312. The van der Waals surface area contributed by atoms with Crippen LogP contribution < -0.4 is 5.32 Å². The van der Waals surface area contributed by atoms with Crippen molar-refractivity contribution in [2.24, 2.45) is 4.99 Å². The zero-order valence-corrected chi connectivity index (χ0v) is 10.4. The van der Waals surface area contributed by atoms with Crippen molar-refractivity contribution < 1.29 is 4.39 Å². The molecule has 0 saturated heterocycles. The number of rotatable bonds is 2. The van der Waals surface area contributed by atoms with Gasteiger partial charge in [-0.05, 0) is 18.6 Å². The van der Waals surface area contributed by atoms with Gasteiger partial charge in [-0.1, -0.05) is 36.4 Å². The molecule has 1 aromatic rings. The summed E-state index contributed by atoms with van der Waals surface area (Å²) in [6, 6.07) is 4.62. The van der Waals surface area contributed by atoms with E-state index in [1.165, 1.54) is 6.07 Å². The van der Waals surface area contributed by atoms with Crippen molar-refractivity contribution in [3.8, 4) is 0 Å². The molecule has 5 heteroatoms. The minimum Gasteiger partial charge on any atom is -0.331 e. The first-order valence-corrected chi connectivity index (χ1v) is 6.38. The summed E-state index contributed by atoms with van der Waals surface area (Å²) in [7, 11) is 0. The van der Waals surface area contributed by atoms with Gasteiger partial charge in [0.2, 0.25) is 0 Å². The number of hydrogen-bond donors (Lipinski definition) is 1. The molecule has 2 nitrogen and oxygen atoms in total. The summed E-state index contributed by atoms with van der Waals surface area (Å²) >= 11 is 7.55. The van der Waals surface area contributed by atoms with Crippen molar-refractivity contribution in [3.05, 3.63) is 29.0 Å². The molecule has 86 valence electrons. The third-order valence-corrected chi connectivity index (χ3v) is 3.95. The summed E-state index contributed by atoms with van der Waals surface area (Å²) < 4.78 is 13.5. The van der Waals surface area contributed by atoms with E-state index in [4.69, 9.17) is 11.6 Å². The summed E-state index contributed by atoms with van der Waals surface area (Å²) in [5, 5.41) is 4.57. The van der Waals surface area contributed by atoms with Gasteiger partial charge in [-0.2, -0.15) is 0 Å². The van der Waals surface area contributed by atoms with E-state index in [0.717, 1.165) is 18.1 Å². The summed E-state index contributed by atoms with van der Waals surface area (Å²) in [5.41, 5.74) is 0.312. The zero-order valence-electron chi connectivity index (χ0n) is 8.84. The van der Waals surface area contributed by atoms with Gasteiger partial charge >= 0.3 is 0 Å². The summed E-state index contributed by atoms with van der Waals surface area (Å²) in [6.07, 6.45) is 1.06. The van der Waals surface area contributed by atoms with Crippen LogP contribution in [0.4, 0.5) is 10.1 Å². The molecule has 0 fully saturated rings. The number of amidine groups is 1. The van der Waals surface area contributed by atoms with Crippen LogP contribution in [0.5, 0.6) is 0 Å². The molecule has 1 aromatic carbocycles. The van der Waals surface area contributed by atoms with Crippen molar-refractivity contribution in [3.63, 3.8) is 0 Å². The normalized spacial score (nSPS) is 19.7. The maximum Gasteiger partial charge on any atom is 0.161 e. The van der Waals surface area contributed by atoms with E-state index < -0.39 is 0 Å². The summed E-state index contributed by atoms with van der Waals surface area (Å²) in [6.45, 7) is 2.90. The molecular weight excluding hydrogens is 247 g/mol. The van der Waals surface area contributed by atoms with Crippen molar-refractivity contribution in [1.29, 1.82) is 0 Å². The fourth-order valence-electron chi connectivity index (χ4n) is 1.42. The van der Waals surface area contributed by atoms with Gasteiger partial charge in [0, 0.05) is 5.25 Å². The Morgan fingerprint density at radius 3 is 3.06 bits per heavy atom. The Labute approximate surface area is 103 Å². The third-order valence-electron chi connectivity index (χ3n) is 2.37. The second-order valence-electron chi connectivity index (χ2n) is 3.52. The first-order chi connectivity index (χ1) is 7.70.